The highest BCUT2D eigenvalue weighted by Gasteiger charge is 2.17. The predicted octanol–water partition coefficient (Wildman–Crippen LogP) is 2.82. The highest BCUT2D eigenvalue weighted by molar-refractivity contribution is 5.99. The van der Waals surface area contributed by atoms with Crippen molar-refractivity contribution in [3.8, 4) is 0 Å². The van der Waals surface area contributed by atoms with E-state index in [1.54, 1.807) is 0 Å². The highest BCUT2D eigenvalue weighted by Crippen LogP contribution is 2.30. The van der Waals surface area contributed by atoms with Gasteiger partial charge < -0.3 is 16.4 Å². The molecule has 1 amide bonds. The van der Waals surface area contributed by atoms with Crippen LogP contribution in [0.1, 0.15) is 11.1 Å². The molecule has 2 aromatic carbocycles. The van der Waals surface area contributed by atoms with Gasteiger partial charge in [-0.25, -0.2) is 0 Å². The zero-order valence-corrected chi connectivity index (χ0v) is 10.7. The molecule has 0 saturated carbocycles. The van der Waals surface area contributed by atoms with Gasteiger partial charge in [0.15, 0.2) is 0 Å². The number of carbonyl (C=O) groups excluding carboxylic acids is 1. The fourth-order valence-electron chi connectivity index (χ4n) is 2.31. The summed E-state index contributed by atoms with van der Waals surface area (Å²) in [6, 6.07) is 11.7. The maximum absolute atomic E-state index is 11.3. The molecule has 2 aromatic rings. The molecule has 0 aliphatic carbocycles. The Kier molecular flexibility index (Phi) is 2.63. The molecular formula is C15H15N3O. The van der Waals surface area contributed by atoms with Crippen LogP contribution in [0.2, 0.25) is 0 Å². The maximum atomic E-state index is 11.3. The highest BCUT2D eigenvalue weighted by atomic mass is 16.1. The summed E-state index contributed by atoms with van der Waals surface area (Å²) in [6.07, 6.45) is 0.439. The summed E-state index contributed by atoms with van der Waals surface area (Å²) in [5.74, 6) is 0.0440. The Balaban J connectivity index is 1.93. The predicted molar refractivity (Wildman–Crippen MR) is 77.6 cm³/mol. The van der Waals surface area contributed by atoms with Crippen LogP contribution in [-0.2, 0) is 11.2 Å². The van der Waals surface area contributed by atoms with Crippen molar-refractivity contribution < 1.29 is 4.79 Å². The van der Waals surface area contributed by atoms with Crippen LogP contribution < -0.4 is 16.4 Å². The van der Waals surface area contributed by atoms with Crippen molar-refractivity contribution in [3.05, 3.63) is 47.5 Å². The third-order valence-electron chi connectivity index (χ3n) is 3.30. The lowest BCUT2D eigenvalue weighted by molar-refractivity contribution is -0.115. The summed E-state index contributed by atoms with van der Waals surface area (Å²) in [4.78, 5) is 11.3. The number of nitrogen functional groups attached to an aromatic ring is 1. The van der Waals surface area contributed by atoms with Gasteiger partial charge >= 0.3 is 0 Å². The Labute approximate surface area is 111 Å². The van der Waals surface area contributed by atoms with E-state index in [9.17, 15) is 4.79 Å². The SMILES string of the molecule is Cc1cccc(N)c1Nc1ccc2c(c1)CC(=O)N2. The van der Waals surface area contributed by atoms with Crippen LogP contribution in [0.15, 0.2) is 36.4 Å². The van der Waals surface area contributed by atoms with Crippen molar-refractivity contribution in [2.24, 2.45) is 0 Å². The minimum absolute atomic E-state index is 0.0440. The Hall–Kier alpha value is -2.49. The monoisotopic (exact) mass is 253 g/mol. The van der Waals surface area contributed by atoms with Crippen molar-refractivity contribution in [1.29, 1.82) is 0 Å². The van der Waals surface area contributed by atoms with E-state index < -0.39 is 0 Å². The number of anilines is 4. The van der Waals surface area contributed by atoms with E-state index in [1.165, 1.54) is 0 Å². The molecule has 1 aliphatic rings. The molecule has 1 heterocycles. The number of benzene rings is 2. The quantitative estimate of drug-likeness (QED) is 0.721. The first-order valence-corrected chi connectivity index (χ1v) is 6.18. The topological polar surface area (TPSA) is 67.1 Å². The molecule has 19 heavy (non-hydrogen) atoms. The third kappa shape index (κ3) is 2.12. The Morgan fingerprint density at radius 1 is 1.26 bits per heavy atom. The molecule has 4 heteroatoms. The maximum Gasteiger partial charge on any atom is 0.228 e. The van der Waals surface area contributed by atoms with Crippen LogP contribution >= 0.6 is 0 Å². The molecule has 96 valence electrons. The van der Waals surface area contributed by atoms with Gasteiger partial charge in [-0.05, 0) is 42.3 Å². The van der Waals surface area contributed by atoms with E-state index in [1.807, 2.05) is 43.3 Å². The zero-order valence-electron chi connectivity index (χ0n) is 10.7. The van der Waals surface area contributed by atoms with E-state index in [2.05, 4.69) is 10.6 Å². The number of nitrogens with two attached hydrogens (primary N) is 1. The van der Waals surface area contributed by atoms with Crippen LogP contribution in [0.4, 0.5) is 22.7 Å². The molecular weight excluding hydrogens is 238 g/mol. The number of para-hydroxylation sites is 1. The number of nitrogens with one attached hydrogen (secondary N) is 2. The summed E-state index contributed by atoms with van der Waals surface area (Å²) < 4.78 is 0. The van der Waals surface area contributed by atoms with Gasteiger partial charge in [0.1, 0.15) is 0 Å². The van der Waals surface area contributed by atoms with Crippen LogP contribution in [0.5, 0.6) is 0 Å². The second-order valence-corrected chi connectivity index (χ2v) is 4.76. The van der Waals surface area contributed by atoms with Gasteiger partial charge in [-0.1, -0.05) is 12.1 Å². The first-order chi connectivity index (χ1) is 9.13. The van der Waals surface area contributed by atoms with Crippen molar-refractivity contribution in [1.82, 2.24) is 0 Å². The van der Waals surface area contributed by atoms with Crippen molar-refractivity contribution in [2.75, 3.05) is 16.4 Å². The van der Waals surface area contributed by atoms with Gasteiger partial charge in [-0.2, -0.15) is 0 Å². The van der Waals surface area contributed by atoms with Crippen LogP contribution in [0.25, 0.3) is 0 Å². The Morgan fingerprint density at radius 3 is 2.89 bits per heavy atom. The molecule has 4 nitrogen and oxygen atoms in total. The summed E-state index contributed by atoms with van der Waals surface area (Å²) in [6.45, 7) is 2.01. The van der Waals surface area contributed by atoms with Crippen molar-refractivity contribution >= 4 is 28.7 Å². The number of carbonyl (C=O) groups is 1. The summed E-state index contributed by atoms with van der Waals surface area (Å²) in [5, 5.41) is 6.14. The van der Waals surface area contributed by atoms with E-state index in [0.29, 0.717) is 6.42 Å². The van der Waals surface area contributed by atoms with E-state index in [-0.39, 0.29) is 5.91 Å². The molecule has 0 aromatic heterocycles. The van der Waals surface area contributed by atoms with Crippen LogP contribution in [0, 0.1) is 6.92 Å². The summed E-state index contributed by atoms with van der Waals surface area (Å²) in [5.41, 5.74) is 11.6. The second kappa shape index (κ2) is 4.31. The Bertz CT molecular complexity index is 644. The first-order valence-electron chi connectivity index (χ1n) is 6.18. The second-order valence-electron chi connectivity index (χ2n) is 4.76. The van der Waals surface area contributed by atoms with E-state index >= 15 is 0 Å². The summed E-state index contributed by atoms with van der Waals surface area (Å²) >= 11 is 0. The zero-order chi connectivity index (χ0) is 13.4. The standard InChI is InChI=1S/C15H15N3O/c1-9-3-2-4-12(16)15(9)17-11-5-6-13-10(7-11)8-14(19)18-13/h2-7,17H,8,16H2,1H3,(H,18,19). The molecule has 4 N–H and O–H groups in total. The number of fused-ring (bicyclic) bond motifs is 1. The molecule has 0 fully saturated rings. The fourth-order valence-corrected chi connectivity index (χ4v) is 2.31. The normalized spacial score (nSPS) is 13.0. The van der Waals surface area contributed by atoms with E-state index in [4.69, 9.17) is 5.73 Å². The molecule has 0 atom stereocenters. The molecule has 0 radical (unpaired) electrons. The lowest BCUT2D eigenvalue weighted by Gasteiger charge is -2.13. The fraction of sp³-hybridized carbons (Fsp3) is 0.133. The molecule has 0 unspecified atom stereocenters. The lowest BCUT2D eigenvalue weighted by Crippen LogP contribution is -2.03. The first kappa shape index (κ1) is 11.6. The number of rotatable bonds is 2. The van der Waals surface area contributed by atoms with Crippen LogP contribution in [-0.4, -0.2) is 5.91 Å². The van der Waals surface area contributed by atoms with Gasteiger partial charge in [-0.15, -0.1) is 0 Å². The Morgan fingerprint density at radius 2 is 2.11 bits per heavy atom. The van der Waals surface area contributed by atoms with Crippen molar-refractivity contribution in [3.63, 3.8) is 0 Å². The number of aryl methyl sites for hydroxylation is 1. The third-order valence-corrected chi connectivity index (χ3v) is 3.30. The van der Waals surface area contributed by atoms with Gasteiger partial charge in [0.05, 0.1) is 17.8 Å². The average molecular weight is 253 g/mol. The smallest absolute Gasteiger partial charge is 0.228 e. The number of amides is 1. The molecule has 0 saturated heterocycles. The number of hydrogen-bond acceptors (Lipinski definition) is 3. The van der Waals surface area contributed by atoms with Gasteiger partial charge in [0, 0.05) is 11.4 Å². The summed E-state index contributed by atoms with van der Waals surface area (Å²) in [7, 11) is 0. The lowest BCUT2D eigenvalue weighted by atomic mass is 10.1. The molecule has 0 spiro atoms. The minimum Gasteiger partial charge on any atom is -0.397 e. The van der Waals surface area contributed by atoms with Crippen molar-refractivity contribution in [2.45, 2.75) is 13.3 Å². The van der Waals surface area contributed by atoms with Gasteiger partial charge in [0.25, 0.3) is 0 Å². The number of hydrogen-bond donors (Lipinski definition) is 3. The molecule has 1 aliphatic heterocycles. The largest absolute Gasteiger partial charge is 0.397 e. The van der Waals surface area contributed by atoms with E-state index in [0.717, 1.165) is 33.9 Å². The van der Waals surface area contributed by atoms with Crippen LogP contribution in [0.3, 0.4) is 0 Å². The molecule has 3 rings (SSSR count). The minimum atomic E-state index is 0.0440. The van der Waals surface area contributed by atoms with Gasteiger partial charge in [0.2, 0.25) is 5.91 Å². The molecule has 0 bridgehead atoms. The average Bonchev–Trinajstić information content (AvgIpc) is 2.73. The van der Waals surface area contributed by atoms with Gasteiger partial charge in [-0.3, -0.25) is 4.79 Å².